The van der Waals surface area contributed by atoms with E-state index in [-0.39, 0.29) is 16.6 Å². The van der Waals surface area contributed by atoms with E-state index in [1.165, 1.54) is 18.4 Å². The maximum atomic E-state index is 13.0. The maximum absolute atomic E-state index is 13.0. The van der Waals surface area contributed by atoms with Crippen LogP contribution in [0.3, 0.4) is 0 Å². The number of sulfonamides is 1. The van der Waals surface area contributed by atoms with Gasteiger partial charge >= 0.3 is 0 Å². The van der Waals surface area contributed by atoms with Crippen LogP contribution in [0, 0.1) is 0 Å². The van der Waals surface area contributed by atoms with Crippen LogP contribution in [0.25, 0.3) is 0 Å². The molecule has 0 unspecified atom stereocenters. The number of furan rings is 1. The van der Waals surface area contributed by atoms with Crippen molar-refractivity contribution in [2.24, 2.45) is 0 Å². The molecule has 2 heterocycles. The summed E-state index contributed by atoms with van der Waals surface area (Å²) in [5.41, 5.74) is 0.553. The van der Waals surface area contributed by atoms with E-state index < -0.39 is 22.5 Å². The summed E-state index contributed by atoms with van der Waals surface area (Å²) in [5.74, 6) is -0.0821. The van der Waals surface area contributed by atoms with E-state index in [1.807, 2.05) is 0 Å². The standard InChI is InChI=1S/C18H15BrClN3O4S/c19-13-3-5-14(6-4-13)22-18(24)12-23(11-15-2-1-9-27-15)28(25,26)16-7-8-17(20)21-10-16/h1-10H,11-12H2,(H,22,24). The van der Waals surface area contributed by atoms with Crippen LogP contribution in [0.5, 0.6) is 0 Å². The Bertz CT molecular complexity index is 1040. The van der Waals surface area contributed by atoms with Gasteiger partial charge in [0, 0.05) is 16.4 Å². The SMILES string of the molecule is O=C(CN(Cc1ccco1)S(=O)(=O)c1ccc(Cl)nc1)Nc1ccc(Br)cc1. The van der Waals surface area contributed by atoms with Gasteiger partial charge < -0.3 is 9.73 Å². The smallest absolute Gasteiger partial charge is 0.245 e. The molecule has 28 heavy (non-hydrogen) atoms. The number of amides is 1. The summed E-state index contributed by atoms with van der Waals surface area (Å²) >= 11 is 9.06. The highest BCUT2D eigenvalue weighted by atomic mass is 79.9. The zero-order valence-electron chi connectivity index (χ0n) is 14.4. The lowest BCUT2D eigenvalue weighted by Crippen LogP contribution is -2.37. The quantitative estimate of drug-likeness (QED) is 0.513. The molecule has 0 atom stereocenters. The second-order valence-corrected chi connectivity index (χ2v) is 8.97. The third-order valence-corrected chi connectivity index (χ3v) is 6.23. The van der Waals surface area contributed by atoms with E-state index in [4.69, 9.17) is 16.0 Å². The molecule has 2 aromatic heterocycles. The van der Waals surface area contributed by atoms with Crippen molar-refractivity contribution in [1.82, 2.24) is 9.29 Å². The van der Waals surface area contributed by atoms with Crippen LogP contribution in [0.2, 0.25) is 5.15 Å². The zero-order valence-corrected chi connectivity index (χ0v) is 17.5. The highest BCUT2D eigenvalue weighted by Gasteiger charge is 2.28. The van der Waals surface area contributed by atoms with Gasteiger partial charge in [-0.25, -0.2) is 13.4 Å². The Morgan fingerprint density at radius 1 is 1.18 bits per heavy atom. The highest BCUT2D eigenvalue weighted by Crippen LogP contribution is 2.20. The summed E-state index contributed by atoms with van der Waals surface area (Å²) in [5, 5.41) is 2.85. The lowest BCUT2D eigenvalue weighted by molar-refractivity contribution is -0.116. The molecule has 0 spiro atoms. The Kier molecular flexibility index (Phi) is 6.50. The molecule has 0 bridgehead atoms. The van der Waals surface area contributed by atoms with Crippen molar-refractivity contribution in [3.05, 3.63) is 76.4 Å². The minimum absolute atomic E-state index is 0.0695. The van der Waals surface area contributed by atoms with E-state index in [1.54, 1.807) is 36.4 Å². The normalized spacial score (nSPS) is 11.5. The first kappa shape index (κ1) is 20.5. The number of aromatic nitrogens is 1. The molecule has 0 aliphatic carbocycles. The van der Waals surface area contributed by atoms with Gasteiger partial charge in [-0.2, -0.15) is 4.31 Å². The molecule has 1 amide bonds. The van der Waals surface area contributed by atoms with Gasteiger partial charge in [0.1, 0.15) is 15.8 Å². The van der Waals surface area contributed by atoms with Crippen LogP contribution >= 0.6 is 27.5 Å². The molecule has 146 valence electrons. The third kappa shape index (κ3) is 5.20. The minimum atomic E-state index is -4.00. The van der Waals surface area contributed by atoms with Crippen molar-refractivity contribution in [3.8, 4) is 0 Å². The van der Waals surface area contributed by atoms with Gasteiger partial charge in [0.05, 0.1) is 19.4 Å². The van der Waals surface area contributed by atoms with Crippen molar-refractivity contribution < 1.29 is 17.6 Å². The predicted octanol–water partition coefficient (Wildman–Crippen LogP) is 3.92. The molecule has 3 rings (SSSR count). The summed E-state index contributed by atoms with van der Waals surface area (Å²) in [6.07, 6.45) is 2.59. The Morgan fingerprint density at radius 2 is 1.93 bits per heavy atom. The first-order valence-electron chi connectivity index (χ1n) is 8.04. The number of nitrogens with zero attached hydrogens (tertiary/aromatic N) is 2. The van der Waals surface area contributed by atoms with Gasteiger partial charge in [0.2, 0.25) is 15.9 Å². The monoisotopic (exact) mass is 483 g/mol. The molecule has 1 aromatic carbocycles. The number of rotatable bonds is 7. The van der Waals surface area contributed by atoms with Crippen molar-refractivity contribution in [1.29, 1.82) is 0 Å². The molecular formula is C18H15BrClN3O4S. The molecule has 0 aliphatic heterocycles. The van der Waals surface area contributed by atoms with Gasteiger partial charge in [-0.05, 0) is 48.5 Å². The average Bonchev–Trinajstić information content (AvgIpc) is 3.17. The van der Waals surface area contributed by atoms with Crippen LogP contribution in [-0.4, -0.2) is 30.2 Å². The lowest BCUT2D eigenvalue weighted by Gasteiger charge is -2.20. The summed E-state index contributed by atoms with van der Waals surface area (Å²) < 4.78 is 33.2. The number of benzene rings is 1. The molecule has 0 radical (unpaired) electrons. The number of carbonyl (C=O) groups excluding carboxylic acids is 1. The van der Waals surface area contributed by atoms with E-state index in [0.29, 0.717) is 11.4 Å². The number of hydrogen-bond acceptors (Lipinski definition) is 5. The fraction of sp³-hybridized carbons (Fsp3) is 0.111. The fourth-order valence-corrected chi connectivity index (χ4v) is 4.04. The number of pyridine rings is 1. The van der Waals surface area contributed by atoms with Gasteiger partial charge in [0.15, 0.2) is 0 Å². The lowest BCUT2D eigenvalue weighted by atomic mass is 10.3. The molecule has 0 fully saturated rings. The van der Waals surface area contributed by atoms with E-state index in [2.05, 4.69) is 26.2 Å². The van der Waals surface area contributed by atoms with Crippen LogP contribution in [0.15, 0.2) is 74.8 Å². The highest BCUT2D eigenvalue weighted by molar-refractivity contribution is 9.10. The topological polar surface area (TPSA) is 92.5 Å². The van der Waals surface area contributed by atoms with E-state index in [9.17, 15) is 13.2 Å². The summed E-state index contributed by atoms with van der Waals surface area (Å²) in [7, 11) is -4.00. The number of nitrogens with one attached hydrogen (secondary N) is 1. The molecular weight excluding hydrogens is 470 g/mol. The maximum Gasteiger partial charge on any atom is 0.245 e. The number of halogens is 2. The van der Waals surface area contributed by atoms with Crippen LogP contribution in [-0.2, 0) is 21.4 Å². The molecule has 0 saturated heterocycles. The first-order valence-corrected chi connectivity index (χ1v) is 10.7. The molecule has 0 aliphatic rings. The van der Waals surface area contributed by atoms with Crippen molar-refractivity contribution in [2.75, 3.05) is 11.9 Å². The van der Waals surface area contributed by atoms with Gasteiger partial charge in [0.25, 0.3) is 0 Å². The van der Waals surface area contributed by atoms with Crippen LogP contribution in [0.1, 0.15) is 5.76 Å². The second-order valence-electron chi connectivity index (χ2n) is 5.72. The van der Waals surface area contributed by atoms with Crippen molar-refractivity contribution >= 4 is 49.1 Å². The second kappa shape index (κ2) is 8.87. The summed E-state index contributed by atoms with van der Waals surface area (Å²) in [6, 6.07) is 12.9. The summed E-state index contributed by atoms with van der Waals surface area (Å²) in [6.45, 7) is -0.507. The summed E-state index contributed by atoms with van der Waals surface area (Å²) in [4.78, 5) is 16.2. The van der Waals surface area contributed by atoms with Crippen molar-refractivity contribution in [3.63, 3.8) is 0 Å². The van der Waals surface area contributed by atoms with E-state index >= 15 is 0 Å². The molecule has 1 N–H and O–H groups in total. The fourth-order valence-electron chi connectivity index (χ4n) is 2.36. The van der Waals surface area contributed by atoms with Crippen LogP contribution < -0.4 is 5.32 Å². The minimum Gasteiger partial charge on any atom is -0.468 e. The van der Waals surface area contributed by atoms with E-state index in [0.717, 1.165) is 15.0 Å². The Morgan fingerprint density at radius 3 is 2.54 bits per heavy atom. The molecule has 10 heteroatoms. The average molecular weight is 485 g/mol. The zero-order chi connectivity index (χ0) is 20.1. The molecule has 3 aromatic rings. The number of hydrogen-bond donors (Lipinski definition) is 1. The predicted molar refractivity (Wildman–Crippen MR) is 108 cm³/mol. The Hall–Kier alpha value is -2.20. The Labute approximate surface area is 175 Å². The molecule has 7 nitrogen and oxygen atoms in total. The van der Waals surface area contributed by atoms with Crippen LogP contribution in [0.4, 0.5) is 5.69 Å². The Balaban J connectivity index is 1.83. The van der Waals surface area contributed by atoms with Gasteiger partial charge in [-0.3, -0.25) is 4.79 Å². The largest absolute Gasteiger partial charge is 0.468 e. The molecule has 0 saturated carbocycles. The number of anilines is 1. The number of carbonyl (C=O) groups is 1. The van der Waals surface area contributed by atoms with Gasteiger partial charge in [-0.1, -0.05) is 27.5 Å². The van der Waals surface area contributed by atoms with Crippen molar-refractivity contribution in [2.45, 2.75) is 11.4 Å². The van der Waals surface area contributed by atoms with Gasteiger partial charge in [-0.15, -0.1) is 0 Å². The third-order valence-electron chi connectivity index (χ3n) is 3.70. The first-order chi connectivity index (χ1) is 13.3.